The van der Waals surface area contributed by atoms with Crippen molar-refractivity contribution in [1.82, 2.24) is 24.9 Å². The molecule has 4 heterocycles. The van der Waals surface area contributed by atoms with Crippen LogP contribution in [0.5, 0.6) is 0 Å². The number of nitrogens with zero attached hydrogens (tertiary/aromatic N) is 7. The van der Waals surface area contributed by atoms with E-state index in [4.69, 9.17) is 9.97 Å². The van der Waals surface area contributed by atoms with Crippen LogP contribution in [0.2, 0.25) is 0 Å². The van der Waals surface area contributed by atoms with Crippen LogP contribution in [0, 0.1) is 6.92 Å². The Kier molecular flexibility index (Phi) is 7.76. The third-order valence-corrected chi connectivity index (χ3v) is 7.28. The van der Waals surface area contributed by atoms with Gasteiger partial charge in [-0.05, 0) is 70.1 Å². The number of hydrogen-bond donors (Lipinski definition) is 2. The molecule has 39 heavy (non-hydrogen) atoms. The highest BCUT2D eigenvalue weighted by Crippen LogP contribution is 2.32. The van der Waals surface area contributed by atoms with Crippen LogP contribution in [0.1, 0.15) is 31.0 Å². The highest BCUT2D eigenvalue weighted by Gasteiger charge is 2.28. The van der Waals surface area contributed by atoms with E-state index in [1.807, 2.05) is 43.3 Å². The first-order chi connectivity index (χ1) is 18.8. The zero-order valence-electron chi connectivity index (χ0n) is 22.8. The van der Waals surface area contributed by atoms with Crippen molar-refractivity contribution in [3.63, 3.8) is 0 Å². The van der Waals surface area contributed by atoms with Crippen LogP contribution in [0.4, 0.5) is 29.0 Å². The van der Waals surface area contributed by atoms with E-state index >= 15 is 0 Å². The van der Waals surface area contributed by atoms with E-state index in [0.29, 0.717) is 42.7 Å². The summed E-state index contributed by atoms with van der Waals surface area (Å²) in [5, 5.41) is 17.6. The largest absolute Gasteiger partial charge is 0.384 e. The van der Waals surface area contributed by atoms with Crippen molar-refractivity contribution in [3.8, 4) is 0 Å². The third-order valence-electron chi connectivity index (χ3n) is 7.28. The summed E-state index contributed by atoms with van der Waals surface area (Å²) < 4.78 is 0. The van der Waals surface area contributed by atoms with Gasteiger partial charge in [0, 0.05) is 49.3 Å². The molecule has 2 bridgehead atoms. The fraction of sp³-hybridized carbons (Fsp3) is 0.379. The Hall–Kier alpha value is -4.02. The summed E-state index contributed by atoms with van der Waals surface area (Å²) in [5.41, 5.74) is 2.27. The Morgan fingerprint density at radius 3 is 2.54 bits per heavy atom. The predicted octanol–water partition coefficient (Wildman–Crippen LogP) is 3.74. The van der Waals surface area contributed by atoms with Crippen molar-refractivity contribution in [1.29, 1.82) is 0 Å². The highest BCUT2D eigenvalue weighted by atomic mass is 16.3. The first-order valence-corrected chi connectivity index (χ1v) is 13.4. The fourth-order valence-corrected chi connectivity index (χ4v) is 4.82. The number of allylic oxidation sites excluding steroid dienone is 1. The number of carbonyl (C=O) groups is 1. The number of amides is 1. The molecule has 2 N–H and O–H groups in total. The molecular formula is C29H36N8O2. The second kappa shape index (κ2) is 11.4. The first-order valence-electron chi connectivity index (χ1n) is 13.4. The molecule has 1 saturated heterocycles. The topological polar surface area (TPSA) is 101 Å². The molecule has 0 spiro atoms. The molecule has 1 fully saturated rings. The molecule has 10 nitrogen and oxygen atoms in total. The third kappa shape index (κ3) is 6.02. The minimum atomic E-state index is -1.11. The maximum atomic E-state index is 12.3. The average Bonchev–Trinajstić information content (AvgIpc) is 2.95. The zero-order valence-corrected chi connectivity index (χ0v) is 22.8. The minimum absolute atomic E-state index is 0.331. The molecule has 1 unspecified atom stereocenters. The molecular weight excluding hydrogens is 492 g/mol. The van der Waals surface area contributed by atoms with E-state index in [0.717, 1.165) is 43.8 Å². The molecule has 10 heteroatoms. The van der Waals surface area contributed by atoms with Crippen molar-refractivity contribution in [3.05, 3.63) is 72.1 Å². The van der Waals surface area contributed by atoms with Crippen LogP contribution in [-0.2, 0) is 10.4 Å². The van der Waals surface area contributed by atoms with Gasteiger partial charge in [0.1, 0.15) is 5.60 Å². The summed E-state index contributed by atoms with van der Waals surface area (Å²) in [6, 6.07) is 13.7. The molecule has 1 aromatic carbocycles. The molecule has 3 aromatic rings. The second-order valence-corrected chi connectivity index (χ2v) is 10.4. The normalized spacial score (nSPS) is 21.3. The Morgan fingerprint density at radius 2 is 1.79 bits per heavy atom. The molecule has 1 atom stereocenters. The van der Waals surface area contributed by atoms with E-state index < -0.39 is 5.60 Å². The van der Waals surface area contributed by atoms with Gasteiger partial charge in [0.25, 0.3) is 0 Å². The van der Waals surface area contributed by atoms with Crippen LogP contribution < -0.4 is 15.2 Å². The number of aliphatic hydroxyl groups is 1. The van der Waals surface area contributed by atoms with Gasteiger partial charge >= 0.3 is 0 Å². The second-order valence-electron chi connectivity index (χ2n) is 10.4. The molecule has 0 radical (unpaired) electrons. The molecule has 1 amide bonds. The molecule has 2 aromatic heterocycles. The van der Waals surface area contributed by atoms with Crippen molar-refractivity contribution in [2.45, 2.75) is 32.3 Å². The number of fused-ring (bicyclic) bond motifs is 2. The lowest BCUT2D eigenvalue weighted by Crippen LogP contribution is -2.44. The van der Waals surface area contributed by atoms with E-state index in [1.165, 1.54) is 10.7 Å². The summed E-state index contributed by atoms with van der Waals surface area (Å²) in [7, 11) is 2.15. The van der Waals surface area contributed by atoms with Crippen LogP contribution in [0.25, 0.3) is 0 Å². The fourth-order valence-electron chi connectivity index (χ4n) is 4.82. The number of rotatable bonds is 5. The predicted molar refractivity (Wildman–Crippen MR) is 153 cm³/mol. The number of hydrogen-bond acceptors (Lipinski definition) is 9. The highest BCUT2D eigenvalue weighted by molar-refractivity contribution is 5.67. The first kappa shape index (κ1) is 26.6. The number of aryl methyl sites for hydroxylation is 1. The number of pyridine rings is 1. The Morgan fingerprint density at radius 1 is 1.03 bits per heavy atom. The van der Waals surface area contributed by atoms with Crippen LogP contribution in [0.15, 0.2) is 60.8 Å². The number of piperazine rings is 1. The number of hydrazine groups is 1. The summed E-state index contributed by atoms with van der Waals surface area (Å²) in [5.74, 6) is 1.41. The van der Waals surface area contributed by atoms with Crippen molar-refractivity contribution >= 4 is 35.4 Å². The van der Waals surface area contributed by atoms with Gasteiger partial charge in [-0.25, -0.2) is 20.0 Å². The molecule has 2 aliphatic heterocycles. The SMILES string of the molecule is Cc1cnc(Nc2ccc(N3CCN(C)CC3)cc2)nc1N1c2cccc(n2)C(C)(O)CC/C=C\CN1C=O. The molecule has 0 saturated carbocycles. The van der Waals surface area contributed by atoms with Gasteiger partial charge in [-0.3, -0.25) is 4.79 Å². The van der Waals surface area contributed by atoms with Crippen LogP contribution in [-0.4, -0.2) is 76.1 Å². The van der Waals surface area contributed by atoms with Crippen molar-refractivity contribution < 1.29 is 9.90 Å². The molecule has 0 aliphatic carbocycles. The zero-order chi connectivity index (χ0) is 27.4. The number of nitrogens with one attached hydrogen (secondary N) is 1. The maximum Gasteiger partial charge on any atom is 0.229 e. The number of aromatic nitrogens is 3. The summed E-state index contributed by atoms with van der Waals surface area (Å²) in [6.07, 6.45) is 7.58. The summed E-state index contributed by atoms with van der Waals surface area (Å²) >= 11 is 0. The number of benzene rings is 1. The van der Waals surface area contributed by atoms with Gasteiger partial charge in [0.05, 0.1) is 12.2 Å². The van der Waals surface area contributed by atoms with Gasteiger partial charge in [-0.1, -0.05) is 18.2 Å². The van der Waals surface area contributed by atoms with Gasteiger partial charge in [0.2, 0.25) is 12.4 Å². The Balaban J connectivity index is 1.45. The van der Waals surface area contributed by atoms with E-state index in [-0.39, 0.29) is 0 Å². The quantitative estimate of drug-likeness (QED) is 0.379. The smallest absolute Gasteiger partial charge is 0.229 e. The summed E-state index contributed by atoms with van der Waals surface area (Å²) in [6.45, 7) is 8.12. The van der Waals surface area contributed by atoms with Gasteiger partial charge < -0.3 is 20.2 Å². The number of likely N-dealkylation sites (N-methyl/N-ethyl adjacent to an activating group) is 1. The minimum Gasteiger partial charge on any atom is -0.384 e. The average molecular weight is 529 g/mol. The van der Waals surface area contributed by atoms with Gasteiger partial charge in [-0.2, -0.15) is 4.98 Å². The van der Waals surface area contributed by atoms with Crippen molar-refractivity contribution in [2.75, 3.05) is 55.0 Å². The van der Waals surface area contributed by atoms with Crippen molar-refractivity contribution in [2.24, 2.45) is 0 Å². The lowest BCUT2D eigenvalue weighted by Gasteiger charge is -2.34. The van der Waals surface area contributed by atoms with Gasteiger partial charge in [0.15, 0.2) is 11.6 Å². The van der Waals surface area contributed by atoms with Crippen LogP contribution in [0.3, 0.4) is 0 Å². The standard InChI is InChI=1S/C29H36N8O2/c1-22-20-30-28(31-23-10-12-24(13-11-23)35-18-16-34(3)17-19-35)33-27(22)37-26-9-7-8-25(32-26)29(2,39)14-5-4-6-15-36(37)21-38/h4,6-13,20-21,39H,5,14-19H2,1-3H3,(H,30,31,33)/b6-4-. The van der Waals surface area contributed by atoms with E-state index in [9.17, 15) is 9.90 Å². The lowest BCUT2D eigenvalue weighted by atomic mass is 9.95. The maximum absolute atomic E-state index is 12.3. The van der Waals surface area contributed by atoms with E-state index in [1.54, 1.807) is 24.2 Å². The number of carbonyl (C=O) groups excluding carboxylic acids is 1. The number of anilines is 5. The molecule has 2 aliphatic rings. The molecule has 204 valence electrons. The monoisotopic (exact) mass is 528 g/mol. The van der Waals surface area contributed by atoms with Crippen LogP contribution >= 0.6 is 0 Å². The summed E-state index contributed by atoms with van der Waals surface area (Å²) in [4.78, 5) is 31.1. The van der Waals surface area contributed by atoms with E-state index in [2.05, 4.69) is 39.3 Å². The van der Waals surface area contributed by atoms with Gasteiger partial charge in [-0.15, -0.1) is 0 Å². The molecule has 5 rings (SSSR count). The Bertz CT molecular complexity index is 1320. The Labute approximate surface area is 229 Å². The lowest BCUT2D eigenvalue weighted by molar-refractivity contribution is -0.117.